The summed E-state index contributed by atoms with van der Waals surface area (Å²) in [5.41, 5.74) is 0.917. The molecule has 2 rings (SSSR count). The Morgan fingerprint density at radius 3 is 3.00 bits per heavy atom. The topological polar surface area (TPSA) is 50.7 Å². The van der Waals surface area contributed by atoms with Crippen LogP contribution in [-0.4, -0.2) is 25.4 Å². The maximum atomic E-state index is 9.54. The van der Waals surface area contributed by atoms with Crippen LogP contribution in [0.5, 0.6) is 11.5 Å². The minimum atomic E-state index is -0.105. The zero-order valence-corrected chi connectivity index (χ0v) is 7.99. The van der Waals surface area contributed by atoms with Crippen LogP contribution in [0.4, 0.5) is 0 Å². The van der Waals surface area contributed by atoms with E-state index < -0.39 is 0 Å². The van der Waals surface area contributed by atoms with Crippen molar-refractivity contribution in [3.05, 3.63) is 23.8 Å². The number of hydrogen-bond donors (Lipinski definition) is 2. The lowest BCUT2D eigenvalue weighted by Gasteiger charge is -2.11. The Bertz CT molecular complexity index is 321. The molecule has 2 N–H and O–H groups in total. The predicted molar refractivity (Wildman–Crippen MR) is 51.4 cm³/mol. The second-order valence-electron chi connectivity index (χ2n) is 3.14. The Hall–Kier alpha value is -1.26. The SMILES string of the molecule is COc1ccc(C2NCCO2)cc1O. The van der Waals surface area contributed by atoms with E-state index in [1.165, 1.54) is 7.11 Å². The van der Waals surface area contributed by atoms with Crippen molar-refractivity contribution in [2.24, 2.45) is 0 Å². The van der Waals surface area contributed by atoms with Crippen molar-refractivity contribution in [3.8, 4) is 11.5 Å². The second kappa shape index (κ2) is 3.86. The number of nitrogens with one attached hydrogen (secondary N) is 1. The molecule has 76 valence electrons. The van der Waals surface area contributed by atoms with Crippen molar-refractivity contribution in [3.63, 3.8) is 0 Å². The van der Waals surface area contributed by atoms with E-state index >= 15 is 0 Å². The molecule has 0 amide bonds. The molecule has 0 aliphatic carbocycles. The van der Waals surface area contributed by atoms with Crippen molar-refractivity contribution in [2.75, 3.05) is 20.3 Å². The Labute approximate surface area is 82.5 Å². The largest absolute Gasteiger partial charge is 0.504 e. The molecule has 1 aromatic rings. The number of rotatable bonds is 2. The van der Waals surface area contributed by atoms with E-state index in [0.717, 1.165) is 12.1 Å². The molecule has 1 fully saturated rings. The summed E-state index contributed by atoms with van der Waals surface area (Å²) >= 11 is 0. The van der Waals surface area contributed by atoms with Crippen molar-refractivity contribution < 1.29 is 14.6 Å². The quantitative estimate of drug-likeness (QED) is 0.739. The maximum absolute atomic E-state index is 9.54. The molecule has 4 heteroatoms. The second-order valence-corrected chi connectivity index (χ2v) is 3.14. The van der Waals surface area contributed by atoms with Gasteiger partial charge in [-0.05, 0) is 17.7 Å². The monoisotopic (exact) mass is 195 g/mol. The third-order valence-corrected chi connectivity index (χ3v) is 2.22. The number of benzene rings is 1. The van der Waals surface area contributed by atoms with E-state index in [-0.39, 0.29) is 12.0 Å². The molecule has 0 saturated carbocycles. The third kappa shape index (κ3) is 1.66. The first-order chi connectivity index (χ1) is 6.81. The molecule has 1 aliphatic heterocycles. The van der Waals surface area contributed by atoms with Crippen LogP contribution in [0, 0.1) is 0 Å². The van der Waals surface area contributed by atoms with Crippen molar-refractivity contribution in [1.29, 1.82) is 0 Å². The van der Waals surface area contributed by atoms with Gasteiger partial charge in [-0.25, -0.2) is 0 Å². The fraction of sp³-hybridized carbons (Fsp3) is 0.400. The van der Waals surface area contributed by atoms with E-state index in [9.17, 15) is 5.11 Å². The Morgan fingerprint density at radius 1 is 1.57 bits per heavy atom. The zero-order valence-electron chi connectivity index (χ0n) is 7.99. The van der Waals surface area contributed by atoms with Crippen molar-refractivity contribution in [1.82, 2.24) is 5.32 Å². The van der Waals surface area contributed by atoms with Gasteiger partial charge in [-0.2, -0.15) is 0 Å². The van der Waals surface area contributed by atoms with Gasteiger partial charge in [0.2, 0.25) is 0 Å². The summed E-state index contributed by atoms with van der Waals surface area (Å²) in [7, 11) is 1.53. The van der Waals surface area contributed by atoms with Gasteiger partial charge in [-0.3, -0.25) is 5.32 Å². The molecule has 0 radical (unpaired) electrons. The summed E-state index contributed by atoms with van der Waals surface area (Å²) in [5, 5.41) is 12.7. The average molecular weight is 195 g/mol. The molecule has 14 heavy (non-hydrogen) atoms. The minimum Gasteiger partial charge on any atom is -0.504 e. The van der Waals surface area contributed by atoms with Gasteiger partial charge in [0.1, 0.15) is 6.23 Å². The first-order valence-electron chi connectivity index (χ1n) is 4.53. The summed E-state index contributed by atoms with van der Waals surface area (Å²) in [4.78, 5) is 0. The molecular weight excluding hydrogens is 182 g/mol. The van der Waals surface area contributed by atoms with E-state index in [0.29, 0.717) is 12.4 Å². The highest BCUT2D eigenvalue weighted by atomic mass is 16.5. The molecular formula is C10H13NO3. The normalized spacial score (nSPS) is 21.1. The van der Waals surface area contributed by atoms with Gasteiger partial charge in [0.25, 0.3) is 0 Å². The molecule has 0 bridgehead atoms. The van der Waals surface area contributed by atoms with E-state index in [2.05, 4.69) is 5.32 Å². The highest BCUT2D eigenvalue weighted by Crippen LogP contribution is 2.29. The molecule has 1 saturated heterocycles. The molecule has 1 unspecified atom stereocenters. The van der Waals surface area contributed by atoms with Crippen LogP contribution in [0.15, 0.2) is 18.2 Å². The number of ether oxygens (including phenoxy) is 2. The van der Waals surface area contributed by atoms with E-state index in [1.807, 2.05) is 6.07 Å². The lowest BCUT2D eigenvalue weighted by atomic mass is 10.2. The lowest BCUT2D eigenvalue weighted by Crippen LogP contribution is -2.13. The number of methoxy groups -OCH3 is 1. The van der Waals surface area contributed by atoms with Crippen molar-refractivity contribution >= 4 is 0 Å². The van der Waals surface area contributed by atoms with Gasteiger partial charge in [0, 0.05) is 6.54 Å². The van der Waals surface area contributed by atoms with Gasteiger partial charge >= 0.3 is 0 Å². The van der Waals surface area contributed by atoms with Gasteiger partial charge < -0.3 is 14.6 Å². The fourth-order valence-electron chi connectivity index (χ4n) is 1.51. The van der Waals surface area contributed by atoms with E-state index in [4.69, 9.17) is 9.47 Å². The Balaban J connectivity index is 2.23. The first kappa shape index (κ1) is 9.30. The molecule has 0 aromatic heterocycles. The highest BCUT2D eigenvalue weighted by Gasteiger charge is 2.17. The van der Waals surface area contributed by atoms with Crippen molar-refractivity contribution in [2.45, 2.75) is 6.23 Å². The summed E-state index contributed by atoms with van der Waals surface area (Å²) in [6.07, 6.45) is -0.105. The number of phenols is 1. The Morgan fingerprint density at radius 2 is 2.43 bits per heavy atom. The van der Waals surface area contributed by atoms with Crippen LogP contribution in [0.2, 0.25) is 0 Å². The van der Waals surface area contributed by atoms with Gasteiger partial charge in [0.15, 0.2) is 11.5 Å². The summed E-state index contributed by atoms with van der Waals surface area (Å²) in [6.45, 7) is 1.55. The molecule has 1 aliphatic rings. The van der Waals surface area contributed by atoms with Gasteiger partial charge in [-0.15, -0.1) is 0 Å². The fourth-order valence-corrected chi connectivity index (χ4v) is 1.51. The van der Waals surface area contributed by atoms with Crippen LogP contribution in [0.1, 0.15) is 11.8 Å². The van der Waals surface area contributed by atoms with E-state index in [1.54, 1.807) is 12.1 Å². The third-order valence-electron chi connectivity index (χ3n) is 2.22. The Kier molecular flexibility index (Phi) is 2.56. The number of hydrogen-bond acceptors (Lipinski definition) is 4. The van der Waals surface area contributed by atoms with Crippen LogP contribution in [0.3, 0.4) is 0 Å². The zero-order chi connectivity index (χ0) is 9.97. The molecule has 0 spiro atoms. The van der Waals surface area contributed by atoms with Crippen LogP contribution in [-0.2, 0) is 4.74 Å². The molecule has 4 nitrogen and oxygen atoms in total. The maximum Gasteiger partial charge on any atom is 0.160 e. The summed E-state index contributed by atoms with van der Waals surface area (Å²) in [5.74, 6) is 0.619. The predicted octanol–water partition coefficient (Wildman–Crippen LogP) is 1.02. The summed E-state index contributed by atoms with van der Waals surface area (Å²) < 4.78 is 10.4. The van der Waals surface area contributed by atoms with Crippen LogP contribution >= 0.6 is 0 Å². The summed E-state index contributed by atoms with van der Waals surface area (Å²) in [6, 6.07) is 5.26. The van der Waals surface area contributed by atoms with Gasteiger partial charge in [-0.1, -0.05) is 6.07 Å². The molecule has 1 aromatic carbocycles. The standard InChI is InChI=1S/C10H13NO3/c1-13-9-3-2-7(6-8(9)12)10-11-4-5-14-10/h2-3,6,10-12H,4-5H2,1H3. The smallest absolute Gasteiger partial charge is 0.160 e. The van der Waals surface area contributed by atoms with Gasteiger partial charge in [0.05, 0.1) is 13.7 Å². The number of phenolic OH excluding ortho intramolecular Hbond substituents is 1. The first-order valence-corrected chi connectivity index (χ1v) is 4.53. The average Bonchev–Trinajstić information content (AvgIpc) is 2.70. The van der Waals surface area contributed by atoms with Crippen LogP contribution < -0.4 is 10.1 Å². The molecule has 1 atom stereocenters. The number of aromatic hydroxyl groups is 1. The lowest BCUT2D eigenvalue weighted by molar-refractivity contribution is 0.102. The highest BCUT2D eigenvalue weighted by molar-refractivity contribution is 5.42. The van der Waals surface area contributed by atoms with Crippen LogP contribution in [0.25, 0.3) is 0 Å². The molecule has 1 heterocycles. The minimum absolute atomic E-state index is 0.105.